The first kappa shape index (κ1) is 28.6. The van der Waals surface area contributed by atoms with Crippen LogP contribution in [0.1, 0.15) is 43.7 Å². The van der Waals surface area contributed by atoms with Gasteiger partial charge in [-0.25, -0.2) is 9.79 Å². The van der Waals surface area contributed by atoms with Crippen molar-refractivity contribution in [1.29, 1.82) is 0 Å². The van der Waals surface area contributed by atoms with Crippen molar-refractivity contribution in [1.82, 2.24) is 4.57 Å². The number of aromatic nitrogens is 1. The number of nitro groups is 1. The van der Waals surface area contributed by atoms with E-state index in [0.29, 0.717) is 10.3 Å². The first-order valence-electron chi connectivity index (χ1n) is 13.2. The minimum Gasteiger partial charge on any atom is -0.490 e. The average molecular weight is 590 g/mol. The molecule has 42 heavy (non-hydrogen) atoms. The Hall–Kier alpha value is -4.97. The molecule has 0 aliphatic carbocycles. The van der Waals surface area contributed by atoms with Crippen LogP contribution in [0.4, 0.5) is 5.69 Å². The summed E-state index contributed by atoms with van der Waals surface area (Å²) in [5, 5.41) is 12.4. The van der Waals surface area contributed by atoms with E-state index in [1.807, 2.05) is 30.3 Å². The summed E-state index contributed by atoms with van der Waals surface area (Å²) in [6.07, 6.45) is 3.07. The van der Waals surface area contributed by atoms with Gasteiger partial charge in [0.05, 0.1) is 41.6 Å². The Morgan fingerprint density at radius 1 is 1.12 bits per heavy atom. The number of fused-ring (bicyclic) bond motifs is 1. The van der Waals surface area contributed by atoms with E-state index in [0.717, 1.165) is 16.9 Å². The third kappa shape index (κ3) is 5.61. The molecule has 0 spiro atoms. The zero-order chi connectivity index (χ0) is 29.8. The molecular formula is C30H27N3O8S. The Labute approximate surface area is 243 Å². The van der Waals surface area contributed by atoms with Gasteiger partial charge in [-0.1, -0.05) is 41.7 Å². The van der Waals surface area contributed by atoms with Gasteiger partial charge in [-0.2, -0.15) is 0 Å². The molecule has 0 unspecified atom stereocenters. The van der Waals surface area contributed by atoms with Crippen molar-refractivity contribution in [3.8, 4) is 11.5 Å². The maximum atomic E-state index is 13.4. The summed E-state index contributed by atoms with van der Waals surface area (Å²) in [5.41, 5.74) is 0.524. The predicted octanol–water partition coefficient (Wildman–Crippen LogP) is 4.39. The molecule has 0 saturated carbocycles. The molecule has 12 heteroatoms. The van der Waals surface area contributed by atoms with Crippen LogP contribution in [0.5, 0.6) is 11.5 Å². The SMILES string of the molecule is CCOC(=O)C1=C(C)n2c(s/c(=C/c3ccco3)c2=O)=N[C@@H]1c1cc(OCC)c(OCc2ccccc2)cc1[N+](=O)[O-]. The minimum atomic E-state index is -1.15. The monoisotopic (exact) mass is 589 g/mol. The van der Waals surface area contributed by atoms with E-state index in [2.05, 4.69) is 0 Å². The molecular weight excluding hydrogens is 562 g/mol. The molecule has 4 aromatic rings. The van der Waals surface area contributed by atoms with Crippen LogP contribution in [0.15, 0.2) is 80.6 Å². The van der Waals surface area contributed by atoms with Crippen LogP contribution in [-0.2, 0) is 16.1 Å². The van der Waals surface area contributed by atoms with E-state index in [1.54, 1.807) is 39.0 Å². The standard InChI is InChI=1S/C30H27N3O8S/c1-4-38-23-15-21(22(33(36)37)16-24(23)41-17-19-10-7-6-8-11-19)27-26(29(35)39-5-2)18(3)32-28(34)25(42-30(32)31-27)14-20-12-9-13-40-20/h6-16,27H,4-5,17H2,1-3H3/b25-14+/t27-/m1/s1. The number of rotatable bonds is 10. The highest BCUT2D eigenvalue weighted by Crippen LogP contribution is 2.43. The summed E-state index contributed by atoms with van der Waals surface area (Å²) in [7, 11) is 0. The second-order valence-corrected chi connectivity index (χ2v) is 10.1. The van der Waals surface area contributed by atoms with Gasteiger partial charge in [0.1, 0.15) is 22.9 Å². The quantitative estimate of drug-likeness (QED) is 0.151. The van der Waals surface area contributed by atoms with Crippen molar-refractivity contribution in [3.05, 3.63) is 113 Å². The van der Waals surface area contributed by atoms with Gasteiger partial charge < -0.3 is 18.6 Å². The molecule has 11 nitrogen and oxygen atoms in total. The van der Waals surface area contributed by atoms with E-state index in [-0.39, 0.29) is 58.6 Å². The number of hydrogen-bond donors (Lipinski definition) is 0. The molecule has 0 fully saturated rings. The number of nitrogens with zero attached hydrogens (tertiary/aromatic N) is 3. The summed E-state index contributed by atoms with van der Waals surface area (Å²) in [4.78, 5) is 43.5. The highest BCUT2D eigenvalue weighted by atomic mass is 32.1. The molecule has 2 aromatic heterocycles. The molecule has 1 aliphatic rings. The van der Waals surface area contributed by atoms with Gasteiger partial charge in [-0.05, 0) is 44.5 Å². The number of carbonyl (C=O) groups excluding carboxylic acids is 1. The highest BCUT2D eigenvalue weighted by molar-refractivity contribution is 7.07. The largest absolute Gasteiger partial charge is 0.490 e. The smallest absolute Gasteiger partial charge is 0.338 e. The molecule has 0 bridgehead atoms. The molecule has 216 valence electrons. The lowest BCUT2D eigenvalue weighted by molar-refractivity contribution is -0.385. The van der Waals surface area contributed by atoms with Crippen molar-refractivity contribution >= 4 is 34.8 Å². The number of nitro benzene ring substituents is 1. The third-order valence-corrected chi connectivity index (χ3v) is 7.46. The van der Waals surface area contributed by atoms with Crippen LogP contribution in [0.2, 0.25) is 0 Å². The van der Waals surface area contributed by atoms with Crippen molar-refractivity contribution < 1.29 is 28.3 Å². The molecule has 2 aromatic carbocycles. The Bertz CT molecular complexity index is 1840. The van der Waals surface area contributed by atoms with Crippen LogP contribution < -0.4 is 24.4 Å². The highest BCUT2D eigenvalue weighted by Gasteiger charge is 2.36. The minimum absolute atomic E-state index is 0.0114. The Balaban J connectivity index is 1.70. The Morgan fingerprint density at radius 3 is 2.55 bits per heavy atom. The maximum Gasteiger partial charge on any atom is 0.338 e. The number of carbonyl (C=O) groups is 1. The average Bonchev–Trinajstić information content (AvgIpc) is 3.60. The summed E-state index contributed by atoms with van der Waals surface area (Å²) in [6.45, 7) is 5.50. The van der Waals surface area contributed by atoms with E-state index >= 15 is 0 Å². The number of hydrogen-bond acceptors (Lipinski definition) is 10. The molecule has 3 heterocycles. The van der Waals surface area contributed by atoms with Crippen LogP contribution in [-0.4, -0.2) is 28.7 Å². The van der Waals surface area contributed by atoms with E-state index in [4.69, 9.17) is 23.6 Å². The van der Waals surface area contributed by atoms with Gasteiger partial charge in [0.15, 0.2) is 16.3 Å². The number of benzene rings is 2. The molecule has 0 saturated heterocycles. The third-order valence-electron chi connectivity index (χ3n) is 6.48. The Morgan fingerprint density at radius 2 is 1.88 bits per heavy atom. The first-order valence-corrected chi connectivity index (χ1v) is 14.0. The second kappa shape index (κ2) is 12.3. The topological polar surface area (TPSA) is 135 Å². The maximum absolute atomic E-state index is 13.4. The number of esters is 1. The van der Waals surface area contributed by atoms with Crippen LogP contribution in [0.3, 0.4) is 0 Å². The zero-order valence-electron chi connectivity index (χ0n) is 23.1. The molecule has 1 aliphatic heterocycles. The van der Waals surface area contributed by atoms with Crippen LogP contribution in [0, 0.1) is 10.1 Å². The number of thiazole rings is 1. The van der Waals surface area contributed by atoms with Crippen molar-refractivity contribution in [2.45, 2.75) is 33.4 Å². The molecule has 0 radical (unpaired) electrons. The summed E-state index contributed by atoms with van der Waals surface area (Å²) >= 11 is 1.08. The zero-order valence-corrected chi connectivity index (χ0v) is 23.9. The van der Waals surface area contributed by atoms with Gasteiger partial charge in [0.25, 0.3) is 11.2 Å². The van der Waals surface area contributed by atoms with Gasteiger partial charge in [-0.15, -0.1) is 0 Å². The lowest BCUT2D eigenvalue weighted by Crippen LogP contribution is -2.35. The lowest BCUT2D eigenvalue weighted by Gasteiger charge is -2.23. The molecule has 1 atom stereocenters. The fourth-order valence-corrected chi connectivity index (χ4v) is 5.62. The first-order chi connectivity index (χ1) is 20.3. The van der Waals surface area contributed by atoms with Crippen molar-refractivity contribution in [2.24, 2.45) is 4.99 Å². The van der Waals surface area contributed by atoms with E-state index in [9.17, 15) is 19.7 Å². The van der Waals surface area contributed by atoms with Crippen LogP contribution in [0.25, 0.3) is 11.8 Å². The molecule has 0 N–H and O–H groups in total. The summed E-state index contributed by atoms with van der Waals surface area (Å²) in [5.74, 6) is 0.165. The normalized spacial score (nSPS) is 14.7. The van der Waals surface area contributed by atoms with Crippen LogP contribution >= 0.6 is 11.3 Å². The molecule has 0 amide bonds. The fourth-order valence-electron chi connectivity index (χ4n) is 4.60. The van der Waals surface area contributed by atoms with Gasteiger partial charge in [0, 0.05) is 11.8 Å². The van der Waals surface area contributed by atoms with Gasteiger partial charge >= 0.3 is 5.97 Å². The summed E-state index contributed by atoms with van der Waals surface area (Å²) in [6, 6.07) is 14.4. The van der Waals surface area contributed by atoms with Gasteiger partial charge in [0.2, 0.25) is 0 Å². The lowest BCUT2D eigenvalue weighted by atomic mass is 9.94. The number of allylic oxidation sites excluding steroid dienone is 1. The van der Waals surface area contributed by atoms with E-state index in [1.165, 1.54) is 23.0 Å². The fraction of sp³-hybridized carbons (Fsp3) is 0.233. The van der Waals surface area contributed by atoms with Gasteiger partial charge in [-0.3, -0.25) is 19.5 Å². The Kier molecular flexibility index (Phi) is 8.34. The van der Waals surface area contributed by atoms with Crippen molar-refractivity contribution in [3.63, 3.8) is 0 Å². The van der Waals surface area contributed by atoms with E-state index < -0.39 is 22.5 Å². The van der Waals surface area contributed by atoms with Crippen molar-refractivity contribution in [2.75, 3.05) is 13.2 Å². The predicted molar refractivity (Wildman–Crippen MR) is 155 cm³/mol. The number of furan rings is 1. The number of ether oxygens (including phenoxy) is 3. The summed E-state index contributed by atoms with van der Waals surface area (Å²) < 4.78 is 24.1. The molecule has 5 rings (SSSR count). The second-order valence-electron chi connectivity index (χ2n) is 9.12.